The molecule has 4 N–H and O–H groups in total. The number of methoxy groups -OCH3 is 1. The van der Waals surface area contributed by atoms with Gasteiger partial charge in [-0.2, -0.15) is 0 Å². The predicted molar refractivity (Wildman–Crippen MR) is 85.9 cm³/mol. The molecular weight excluding hydrogens is 280 g/mol. The van der Waals surface area contributed by atoms with Gasteiger partial charge in [-0.15, -0.1) is 0 Å². The number of fused-ring (bicyclic) bond motifs is 1. The number of carbonyl (C=O) groups excluding carboxylic acids is 1. The smallest absolute Gasteiger partial charge is 0.251 e. The van der Waals surface area contributed by atoms with E-state index in [1.807, 2.05) is 6.07 Å². The van der Waals surface area contributed by atoms with Crippen LogP contribution < -0.4 is 15.8 Å². The van der Waals surface area contributed by atoms with Gasteiger partial charge in [0.1, 0.15) is 17.2 Å². The molecule has 112 valence electrons. The van der Waals surface area contributed by atoms with Crippen LogP contribution in [0.5, 0.6) is 5.75 Å². The summed E-state index contributed by atoms with van der Waals surface area (Å²) in [6.45, 7) is 0. The third-order valence-corrected chi connectivity index (χ3v) is 3.53. The van der Waals surface area contributed by atoms with Crippen LogP contribution in [0.4, 0.5) is 5.82 Å². The normalized spacial score (nSPS) is 10.6. The third-order valence-electron chi connectivity index (χ3n) is 3.53. The zero-order valence-electron chi connectivity index (χ0n) is 12.3. The number of hydrogen-bond donors (Lipinski definition) is 3. The number of nitrogens with one attached hydrogen (secondary N) is 2. The van der Waals surface area contributed by atoms with Gasteiger partial charge in [-0.1, -0.05) is 0 Å². The first-order chi connectivity index (χ1) is 10.6. The number of pyridine rings is 1. The molecule has 2 aromatic heterocycles. The second-order valence-corrected chi connectivity index (χ2v) is 4.83. The summed E-state index contributed by atoms with van der Waals surface area (Å²) in [5.74, 6) is 0.911. The van der Waals surface area contributed by atoms with Crippen molar-refractivity contribution >= 4 is 22.8 Å². The number of carbonyl (C=O) groups is 1. The molecule has 22 heavy (non-hydrogen) atoms. The van der Waals surface area contributed by atoms with E-state index in [2.05, 4.69) is 15.3 Å². The van der Waals surface area contributed by atoms with E-state index in [1.165, 1.54) is 0 Å². The van der Waals surface area contributed by atoms with Gasteiger partial charge < -0.3 is 20.8 Å². The van der Waals surface area contributed by atoms with E-state index in [0.29, 0.717) is 22.8 Å². The Morgan fingerprint density at radius 2 is 2.09 bits per heavy atom. The molecule has 0 unspecified atom stereocenters. The number of H-pyrrole nitrogens is 1. The molecule has 0 fully saturated rings. The van der Waals surface area contributed by atoms with Gasteiger partial charge in [-0.25, -0.2) is 4.98 Å². The van der Waals surface area contributed by atoms with E-state index in [-0.39, 0.29) is 5.91 Å². The fraction of sp³-hybridized carbons (Fsp3) is 0.125. The minimum atomic E-state index is -0.156. The Morgan fingerprint density at radius 3 is 2.82 bits per heavy atom. The zero-order chi connectivity index (χ0) is 15.7. The molecule has 6 nitrogen and oxygen atoms in total. The van der Waals surface area contributed by atoms with Gasteiger partial charge in [0.15, 0.2) is 0 Å². The van der Waals surface area contributed by atoms with Crippen molar-refractivity contribution in [2.45, 2.75) is 0 Å². The minimum absolute atomic E-state index is 0.156. The van der Waals surface area contributed by atoms with Crippen LogP contribution >= 0.6 is 0 Å². The fourth-order valence-electron chi connectivity index (χ4n) is 2.48. The highest BCUT2D eigenvalue weighted by atomic mass is 16.5. The SMILES string of the molecule is CNC(=O)c1ccc(OC)c(-c2cc(N)nc3[nH]ccc23)c1. The number of ether oxygens (including phenoxy) is 1. The van der Waals surface area contributed by atoms with Crippen LogP contribution in [0, 0.1) is 0 Å². The van der Waals surface area contributed by atoms with Crippen LogP contribution in [0.1, 0.15) is 10.4 Å². The lowest BCUT2D eigenvalue weighted by Gasteiger charge is -2.12. The molecule has 0 aliphatic rings. The highest BCUT2D eigenvalue weighted by Crippen LogP contribution is 2.36. The zero-order valence-corrected chi connectivity index (χ0v) is 12.3. The molecule has 3 aromatic rings. The summed E-state index contributed by atoms with van der Waals surface area (Å²) >= 11 is 0. The first kappa shape index (κ1) is 13.9. The van der Waals surface area contributed by atoms with Gasteiger partial charge >= 0.3 is 0 Å². The second-order valence-electron chi connectivity index (χ2n) is 4.83. The first-order valence-electron chi connectivity index (χ1n) is 6.78. The minimum Gasteiger partial charge on any atom is -0.496 e. The topological polar surface area (TPSA) is 93.0 Å². The lowest BCUT2D eigenvalue weighted by atomic mass is 9.99. The lowest BCUT2D eigenvalue weighted by Crippen LogP contribution is -2.17. The first-order valence-corrected chi connectivity index (χ1v) is 6.78. The number of amides is 1. The van der Waals surface area contributed by atoms with E-state index in [0.717, 1.165) is 16.5 Å². The van der Waals surface area contributed by atoms with Gasteiger partial charge in [0.2, 0.25) is 0 Å². The number of benzene rings is 1. The monoisotopic (exact) mass is 296 g/mol. The summed E-state index contributed by atoms with van der Waals surface area (Å²) in [5.41, 5.74) is 8.80. The Bertz CT molecular complexity index is 854. The molecule has 3 rings (SSSR count). The number of hydrogen-bond acceptors (Lipinski definition) is 4. The number of nitrogens with zero attached hydrogens (tertiary/aromatic N) is 1. The standard InChI is InChI=1S/C16H16N4O2/c1-18-16(21)9-3-4-13(22-2)12(7-9)11-8-14(17)20-15-10(11)5-6-19-15/h3-8H,1-2H3,(H,18,21)(H3,17,19,20). The van der Waals surface area contributed by atoms with Crippen LogP contribution in [0.2, 0.25) is 0 Å². The second kappa shape index (κ2) is 5.40. The van der Waals surface area contributed by atoms with Gasteiger partial charge in [0.05, 0.1) is 7.11 Å². The van der Waals surface area contributed by atoms with Crippen LogP contribution in [0.25, 0.3) is 22.2 Å². The molecule has 0 atom stereocenters. The Balaban J connectivity index is 2.28. The number of aromatic nitrogens is 2. The highest BCUT2D eigenvalue weighted by molar-refractivity contribution is 6.00. The Kier molecular flexibility index (Phi) is 3.42. The van der Waals surface area contributed by atoms with Gasteiger partial charge in [-0.3, -0.25) is 4.79 Å². The molecule has 0 aliphatic heterocycles. The summed E-state index contributed by atoms with van der Waals surface area (Å²) in [5, 5.41) is 3.54. The summed E-state index contributed by atoms with van der Waals surface area (Å²) in [6, 6.07) is 8.98. The van der Waals surface area contributed by atoms with E-state index >= 15 is 0 Å². The molecule has 1 amide bonds. The van der Waals surface area contributed by atoms with E-state index in [9.17, 15) is 4.79 Å². The molecule has 0 saturated carbocycles. The van der Waals surface area contributed by atoms with Gasteiger partial charge in [-0.05, 0) is 30.3 Å². The molecule has 1 aromatic carbocycles. The number of nitrogen functional groups attached to an aromatic ring is 1. The summed E-state index contributed by atoms with van der Waals surface area (Å²) < 4.78 is 5.43. The molecule has 0 saturated heterocycles. The maximum atomic E-state index is 11.9. The van der Waals surface area contributed by atoms with E-state index in [1.54, 1.807) is 44.6 Å². The average Bonchev–Trinajstić information content (AvgIpc) is 3.00. The van der Waals surface area contributed by atoms with Crippen molar-refractivity contribution in [3.63, 3.8) is 0 Å². The van der Waals surface area contributed by atoms with Crippen molar-refractivity contribution in [2.24, 2.45) is 0 Å². The quantitative estimate of drug-likeness (QED) is 0.690. The summed E-state index contributed by atoms with van der Waals surface area (Å²) in [4.78, 5) is 19.2. The number of rotatable bonds is 3. The van der Waals surface area contributed by atoms with Crippen LogP contribution in [-0.2, 0) is 0 Å². The van der Waals surface area contributed by atoms with Crippen molar-refractivity contribution in [3.05, 3.63) is 42.1 Å². The molecule has 2 heterocycles. The van der Waals surface area contributed by atoms with Gasteiger partial charge in [0.25, 0.3) is 5.91 Å². The molecule has 6 heteroatoms. The number of aromatic amines is 1. The third kappa shape index (κ3) is 2.24. The highest BCUT2D eigenvalue weighted by Gasteiger charge is 2.15. The van der Waals surface area contributed by atoms with Crippen molar-refractivity contribution in [3.8, 4) is 16.9 Å². The van der Waals surface area contributed by atoms with Crippen LogP contribution in [-0.4, -0.2) is 30.0 Å². The van der Waals surface area contributed by atoms with E-state index in [4.69, 9.17) is 10.5 Å². The van der Waals surface area contributed by atoms with Crippen molar-refractivity contribution in [2.75, 3.05) is 19.9 Å². The Hall–Kier alpha value is -3.02. The van der Waals surface area contributed by atoms with E-state index < -0.39 is 0 Å². The molecule has 0 spiro atoms. The maximum absolute atomic E-state index is 11.9. The van der Waals surface area contributed by atoms with Crippen molar-refractivity contribution < 1.29 is 9.53 Å². The van der Waals surface area contributed by atoms with Crippen LogP contribution in [0.15, 0.2) is 36.5 Å². The largest absolute Gasteiger partial charge is 0.496 e. The number of anilines is 1. The van der Waals surface area contributed by atoms with Crippen molar-refractivity contribution in [1.29, 1.82) is 0 Å². The van der Waals surface area contributed by atoms with Crippen LogP contribution in [0.3, 0.4) is 0 Å². The van der Waals surface area contributed by atoms with Crippen molar-refractivity contribution in [1.82, 2.24) is 15.3 Å². The molecule has 0 bridgehead atoms. The molecular formula is C16H16N4O2. The lowest BCUT2D eigenvalue weighted by molar-refractivity contribution is 0.0963. The molecule has 0 radical (unpaired) electrons. The predicted octanol–water partition coefficient (Wildman–Crippen LogP) is 2.18. The Labute approximate surface area is 127 Å². The molecule has 0 aliphatic carbocycles. The maximum Gasteiger partial charge on any atom is 0.251 e. The average molecular weight is 296 g/mol. The fourth-order valence-corrected chi connectivity index (χ4v) is 2.48. The Morgan fingerprint density at radius 1 is 1.27 bits per heavy atom. The number of nitrogens with two attached hydrogens (primary N) is 1. The summed E-state index contributed by atoms with van der Waals surface area (Å²) in [6.07, 6.45) is 1.80. The van der Waals surface area contributed by atoms with Gasteiger partial charge in [0, 0.05) is 35.3 Å². The summed E-state index contributed by atoms with van der Waals surface area (Å²) in [7, 11) is 3.19.